The molecule has 0 spiro atoms. The molecule has 4 aromatic rings. The van der Waals surface area contributed by atoms with Gasteiger partial charge in [-0.3, -0.25) is 13.9 Å². The van der Waals surface area contributed by atoms with Gasteiger partial charge < -0.3 is 4.74 Å². The van der Waals surface area contributed by atoms with Crippen molar-refractivity contribution in [1.82, 2.24) is 19.2 Å². The summed E-state index contributed by atoms with van der Waals surface area (Å²) in [6, 6.07) is 14.2. The van der Waals surface area contributed by atoms with Crippen molar-refractivity contribution in [3.8, 4) is 0 Å². The Hall–Kier alpha value is -3.71. The predicted octanol–water partition coefficient (Wildman–Crippen LogP) is 3.97. The molecule has 7 nitrogen and oxygen atoms in total. The smallest absolute Gasteiger partial charge is 0.331 e. The quantitative estimate of drug-likeness (QED) is 0.329. The lowest BCUT2D eigenvalue weighted by Gasteiger charge is -2.06. The maximum absolute atomic E-state index is 12.2. The lowest BCUT2D eigenvalue weighted by molar-refractivity contribution is -0.139. The van der Waals surface area contributed by atoms with Crippen LogP contribution in [0.5, 0.6) is 0 Å². The molecule has 0 atom stereocenters. The molecule has 32 heavy (non-hydrogen) atoms. The molecule has 3 aromatic heterocycles. The topological polar surface area (TPSA) is 78.5 Å². The van der Waals surface area contributed by atoms with Crippen LogP contribution >= 0.6 is 11.6 Å². The SMILES string of the molecule is Cc1nn(Cc2ccccc2Cl)c(C)c1/C=C/C(=O)OCc1cc(=O)n2ccccc2n1. The van der Waals surface area contributed by atoms with Crippen LogP contribution in [-0.4, -0.2) is 25.1 Å². The van der Waals surface area contributed by atoms with E-state index in [0.29, 0.717) is 22.9 Å². The van der Waals surface area contributed by atoms with Crippen molar-refractivity contribution in [3.63, 3.8) is 0 Å². The number of benzene rings is 1. The molecule has 0 bridgehead atoms. The van der Waals surface area contributed by atoms with Crippen LogP contribution in [0.25, 0.3) is 11.7 Å². The van der Waals surface area contributed by atoms with Crippen LogP contribution in [0, 0.1) is 13.8 Å². The first-order valence-electron chi connectivity index (χ1n) is 10.0. The van der Waals surface area contributed by atoms with Crippen LogP contribution in [0.2, 0.25) is 5.02 Å². The molecule has 0 aliphatic rings. The van der Waals surface area contributed by atoms with Gasteiger partial charge in [-0.1, -0.05) is 35.9 Å². The second-order valence-electron chi connectivity index (χ2n) is 7.29. The van der Waals surface area contributed by atoms with Gasteiger partial charge in [-0.15, -0.1) is 0 Å². The minimum Gasteiger partial charge on any atom is -0.456 e. The lowest BCUT2D eigenvalue weighted by atomic mass is 10.1. The van der Waals surface area contributed by atoms with Crippen molar-refractivity contribution >= 4 is 29.3 Å². The number of halogens is 1. The molecule has 0 unspecified atom stereocenters. The standard InChI is InChI=1S/C24H21ClN4O3/c1-16-20(17(2)29(27-16)14-18-7-3-4-8-21(18)25)10-11-24(31)32-15-19-13-23(30)28-12-6-5-9-22(28)26-19/h3-13H,14-15H2,1-2H3/b11-10+. The highest BCUT2D eigenvalue weighted by molar-refractivity contribution is 6.31. The molecule has 0 saturated carbocycles. The van der Waals surface area contributed by atoms with Crippen LogP contribution < -0.4 is 5.56 Å². The zero-order chi connectivity index (χ0) is 22.7. The van der Waals surface area contributed by atoms with E-state index in [4.69, 9.17) is 16.3 Å². The summed E-state index contributed by atoms with van der Waals surface area (Å²) in [6.45, 7) is 4.27. The normalized spacial score (nSPS) is 11.3. The predicted molar refractivity (Wildman–Crippen MR) is 123 cm³/mol. The number of aromatic nitrogens is 4. The number of pyridine rings is 1. The zero-order valence-corrected chi connectivity index (χ0v) is 18.4. The maximum Gasteiger partial charge on any atom is 0.331 e. The van der Waals surface area contributed by atoms with Crippen molar-refractivity contribution in [1.29, 1.82) is 0 Å². The van der Waals surface area contributed by atoms with E-state index < -0.39 is 5.97 Å². The van der Waals surface area contributed by atoms with Gasteiger partial charge in [0, 0.05) is 34.6 Å². The van der Waals surface area contributed by atoms with E-state index >= 15 is 0 Å². The number of carbonyl (C=O) groups is 1. The number of carbonyl (C=O) groups excluding carboxylic acids is 1. The summed E-state index contributed by atoms with van der Waals surface area (Å²) >= 11 is 6.26. The second kappa shape index (κ2) is 9.20. The summed E-state index contributed by atoms with van der Waals surface area (Å²) in [7, 11) is 0. The van der Waals surface area contributed by atoms with Gasteiger partial charge in [0.1, 0.15) is 12.3 Å². The number of hydrogen-bond acceptors (Lipinski definition) is 5. The van der Waals surface area contributed by atoms with E-state index in [9.17, 15) is 9.59 Å². The molecule has 0 fully saturated rings. The zero-order valence-electron chi connectivity index (χ0n) is 17.7. The number of aryl methyl sites for hydroxylation is 1. The highest BCUT2D eigenvalue weighted by atomic mass is 35.5. The van der Waals surface area contributed by atoms with Gasteiger partial charge in [-0.05, 0) is 43.7 Å². The van der Waals surface area contributed by atoms with Crippen molar-refractivity contribution in [2.24, 2.45) is 0 Å². The summed E-state index contributed by atoms with van der Waals surface area (Å²) in [5, 5.41) is 5.25. The highest BCUT2D eigenvalue weighted by Gasteiger charge is 2.12. The van der Waals surface area contributed by atoms with Crippen LogP contribution in [0.15, 0.2) is 65.6 Å². The van der Waals surface area contributed by atoms with Gasteiger partial charge >= 0.3 is 5.97 Å². The Morgan fingerprint density at radius 1 is 1.16 bits per heavy atom. The largest absolute Gasteiger partial charge is 0.456 e. The summed E-state index contributed by atoms with van der Waals surface area (Å²) < 4.78 is 8.55. The van der Waals surface area contributed by atoms with Gasteiger partial charge in [0.25, 0.3) is 5.56 Å². The third kappa shape index (κ3) is 4.63. The molecule has 0 aliphatic heterocycles. The van der Waals surface area contributed by atoms with E-state index in [2.05, 4.69) is 10.1 Å². The third-order valence-corrected chi connectivity index (χ3v) is 5.46. The number of ether oxygens (including phenoxy) is 1. The molecule has 8 heteroatoms. The first kappa shape index (κ1) is 21.5. The van der Waals surface area contributed by atoms with Crippen molar-refractivity contribution < 1.29 is 9.53 Å². The Kier molecular flexibility index (Phi) is 6.18. The summed E-state index contributed by atoms with van der Waals surface area (Å²) in [5.41, 5.74) is 4.18. The van der Waals surface area contributed by atoms with Crippen LogP contribution in [0.1, 0.15) is 28.2 Å². The van der Waals surface area contributed by atoms with Gasteiger partial charge in [-0.2, -0.15) is 5.10 Å². The molecule has 0 amide bonds. The van der Waals surface area contributed by atoms with Crippen molar-refractivity contribution in [2.45, 2.75) is 27.0 Å². The van der Waals surface area contributed by atoms with Crippen LogP contribution in [0.4, 0.5) is 0 Å². The Morgan fingerprint density at radius 3 is 2.75 bits per heavy atom. The second-order valence-corrected chi connectivity index (χ2v) is 7.70. The van der Waals surface area contributed by atoms with Crippen LogP contribution in [0.3, 0.4) is 0 Å². The molecule has 0 aliphatic carbocycles. The molecule has 4 rings (SSSR count). The van der Waals surface area contributed by atoms with E-state index in [1.165, 1.54) is 16.5 Å². The lowest BCUT2D eigenvalue weighted by Crippen LogP contribution is -2.16. The molecule has 162 valence electrons. The number of hydrogen-bond donors (Lipinski definition) is 0. The summed E-state index contributed by atoms with van der Waals surface area (Å²) in [6.07, 6.45) is 4.68. The fraction of sp³-hybridized carbons (Fsp3) is 0.167. The van der Waals surface area contributed by atoms with Gasteiger partial charge in [0.2, 0.25) is 0 Å². The highest BCUT2D eigenvalue weighted by Crippen LogP contribution is 2.20. The Balaban J connectivity index is 1.44. The summed E-state index contributed by atoms with van der Waals surface area (Å²) in [4.78, 5) is 28.7. The maximum atomic E-state index is 12.2. The number of rotatable bonds is 6. The molecular weight excluding hydrogens is 428 g/mol. The number of esters is 1. The molecule has 1 aromatic carbocycles. The van der Waals surface area contributed by atoms with Gasteiger partial charge in [-0.25, -0.2) is 9.78 Å². The summed E-state index contributed by atoms with van der Waals surface area (Å²) in [5.74, 6) is -0.530. The third-order valence-electron chi connectivity index (χ3n) is 5.09. The first-order chi connectivity index (χ1) is 15.4. The molecule has 0 N–H and O–H groups in total. The fourth-order valence-electron chi connectivity index (χ4n) is 3.42. The molecule has 0 radical (unpaired) electrons. The van der Waals surface area contributed by atoms with Crippen molar-refractivity contribution in [2.75, 3.05) is 0 Å². The fourth-order valence-corrected chi connectivity index (χ4v) is 3.61. The van der Waals surface area contributed by atoms with Crippen molar-refractivity contribution in [3.05, 3.63) is 104 Å². The average molecular weight is 449 g/mol. The number of fused-ring (bicyclic) bond motifs is 1. The minimum atomic E-state index is -0.530. The minimum absolute atomic E-state index is 0.0897. The Morgan fingerprint density at radius 2 is 1.94 bits per heavy atom. The molecule has 0 saturated heterocycles. The molecular formula is C24H21ClN4O3. The van der Waals surface area contributed by atoms with E-state index in [1.54, 1.807) is 30.5 Å². The number of nitrogens with zero attached hydrogens (tertiary/aromatic N) is 4. The van der Waals surface area contributed by atoms with E-state index in [0.717, 1.165) is 22.5 Å². The van der Waals surface area contributed by atoms with Crippen LogP contribution in [-0.2, 0) is 22.7 Å². The van der Waals surface area contributed by atoms with Gasteiger partial charge in [0.15, 0.2) is 0 Å². The first-order valence-corrected chi connectivity index (χ1v) is 10.4. The Labute approximate surface area is 189 Å². The Bertz CT molecular complexity index is 1390. The van der Waals surface area contributed by atoms with Gasteiger partial charge in [0.05, 0.1) is 17.9 Å². The van der Waals surface area contributed by atoms with E-state index in [1.807, 2.05) is 42.8 Å². The molecule has 3 heterocycles. The average Bonchev–Trinajstić information content (AvgIpc) is 3.05. The van der Waals surface area contributed by atoms with E-state index in [-0.39, 0.29) is 12.2 Å². The monoisotopic (exact) mass is 448 g/mol.